The summed E-state index contributed by atoms with van der Waals surface area (Å²) in [7, 11) is 0. The van der Waals surface area contributed by atoms with Gasteiger partial charge in [-0.15, -0.1) is 0 Å². The molecule has 0 bridgehead atoms. The van der Waals surface area contributed by atoms with Crippen molar-refractivity contribution in [3.63, 3.8) is 0 Å². The fourth-order valence-corrected chi connectivity index (χ4v) is 3.57. The van der Waals surface area contributed by atoms with Crippen molar-refractivity contribution in [3.8, 4) is 0 Å². The number of benzene rings is 1. The van der Waals surface area contributed by atoms with E-state index in [0.717, 1.165) is 19.1 Å². The fourth-order valence-electron chi connectivity index (χ4n) is 3.57. The third-order valence-electron chi connectivity index (χ3n) is 5.39. The highest BCUT2D eigenvalue weighted by atomic mass is 19.1. The number of allylic oxidation sites excluding steroid dienone is 1. The second kappa shape index (κ2) is 9.38. The molecule has 0 amide bonds. The number of nitrogens with zero attached hydrogens (tertiary/aromatic N) is 5. The first-order chi connectivity index (χ1) is 16.3. The molecule has 0 radical (unpaired) electrons. The highest BCUT2D eigenvalue weighted by Gasteiger charge is 2.28. The fraction of sp³-hybridized carbons (Fsp3) is 0.304. The molecule has 1 saturated carbocycles. The van der Waals surface area contributed by atoms with Gasteiger partial charge in [-0.1, -0.05) is 0 Å². The number of fused-ring (bicyclic) bond motifs is 1. The monoisotopic (exact) mass is 463 g/mol. The van der Waals surface area contributed by atoms with Crippen molar-refractivity contribution in [1.29, 1.82) is 5.41 Å². The molecule has 4 rings (SSSR count). The van der Waals surface area contributed by atoms with Crippen molar-refractivity contribution in [2.75, 3.05) is 11.1 Å². The van der Waals surface area contributed by atoms with Gasteiger partial charge in [0.25, 0.3) is 5.56 Å². The first-order valence-corrected chi connectivity index (χ1v) is 10.9. The molecule has 10 nitrogen and oxygen atoms in total. The third kappa shape index (κ3) is 4.63. The predicted octanol–water partition coefficient (Wildman–Crippen LogP) is 2.65. The van der Waals surface area contributed by atoms with Gasteiger partial charge in [0.15, 0.2) is 0 Å². The van der Waals surface area contributed by atoms with E-state index in [1.165, 1.54) is 30.7 Å². The summed E-state index contributed by atoms with van der Waals surface area (Å²) < 4.78 is 15.3. The Bertz CT molecular complexity index is 1370. The Balaban J connectivity index is 1.74. The molecule has 1 aliphatic carbocycles. The van der Waals surface area contributed by atoms with Crippen LogP contribution in [0.1, 0.15) is 44.1 Å². The second-order valence-corrected chi connectivity index (χ2v) is 8.32. The molecule has 34 heavy (non-hydrogen) atoms. The van der Waals surface area contributed by atoms with Crippen LogP contribution in [0.2, 0.25) is 0 Å². The lowest BCUT2D eigenvalue weighted by Gasteiger charge is -2.16. The van der Waals surface area contributed by atoms with Crippen molar-refractivity contribution >= 4 is 40.7 Å². The Morgan fingerprint density at radius 3 is 2.82 bits per heavy atom. The number of aromatic nitrogens is 4. The van der Waals surface area contributed by atoms with Crippen LogP contribution in [-0.2, 0) is 6.54 Å². The summed E-state index contributed by atoms with van der Waals surface area (Å²) in [5.41, 5.74) is 13.5. The molecule has 2 heterocycles. The van der Waals surface area contributed by atoms with E-state index in [-0.39, 0.29) is 41.1 Å². The number of rotatable bonds is 8. The molecular formula is C23H26FN9O. The van der Waals surface area contributed by atoms with Crippen molar-refractivity contribution in [2.24, 2.45) is 10.7 Å². The molecule has 11 heteroatoms. The Labute approximate surface area is 195 Å². The van der Waals surface area contributed by atoms with Gasteiger partial charge < -0.3 is 22.2 Å². The number of aliphatic imine (C=N–C) groups is 1. The van der Waals surface area contributed by atoms with Gasteiger partial charge in [-0.05, 0) is 44.9 Å². The predicted molar refractivity (Wildman–Crippen MR) is 132 cm³/mol. The summed E-state index contributed by atoms with van der Waals surface area (Å²) in [4.78, 5) is 30.3. The number of nitrogen functional groups attached to an aromatic ring is 1. The Hall–Kier alpha value is -4.15. The van der Waals surface area contributed by atoms with Crippen LogP contribution >= 0.6 is 0 Å². The molecule has 176 valence electrons. The van der Waals surface area contributed by atoms with Gasteiger partial charge in [0.2, 0.25) is 0 Å². The summed E-state index contributed by atoms with van der Waals surface area (Å²) in [5.74, 6) is 0.476. The summed E-state index contributed by atoms with van der Waals surface area (Å²) in [5, 5.41) is 11.1. The average molecular weight is 464 g/mol. The minimum Gasteiger partial charge on any atom is -0.397 e. The molecule has 0 aliphatic heterocycles. The zero-order valence-corrected chi connectivity index (χ0v) is 18.9. The summed E-state index contributed by atoms with van der Waals surface area (Å²) in [6.07, 6.45) is 5.61. The lowest BCUT2D eigenvalue weighted by Crippen LogP contribution is -2.26. The maximum Gasteiger partial charge on any atom is 0.261 e. The Morgan fingerprint density at radius 2 is 2.15 bits per heavy atom. The smallest absolute Gasteiger partial charge is 0.261 e. The lowest BCUT2D eigenvalue weighted by atomic mass is 10.1. The van der Waals surface area contributed by atoms with Crippen LogP contribution in [0.3, 0.4) is 0 Å². The standard InChI is InChI=1S/C23H26FN9O/c1-12(2)28-9-13(8-25)20(26)19-21(27)30-11-31-22(19)29-10-18-32-17-6-3-14(24)7-16(17)23(34)33(18)15-4-5-15/h3,6-9,11-12,15,25H,4-5,10,26H2,1-2H3,(H3,27,29,30,31). The maximum atomic E-state index is 13.7. The van der Waals surface area contributed by atoms with Gasteiger partial charge in [0.05, 0.1) is 28.7 Å². The van der Waals surface area contributed by atoms with Crippen LogP contribution in [-0.4, -0.2) is 38.0 Å². The van der Waals surface area contributed by atoms with Crippen LogP contribution in [0, 0.1) is 11.2 Å². The minimum atomic E-state index is -0.481. The molecule has 2 aromatic heterocycles. The van der Waals surface area contributed by atoms with E-state index in [4.69, 9.17) is 16.9 Å². The van der Waals surface area contributed by atoms with E-state index < -0.39 is 5.82 Å². The topological polar surface area (TPSA) is 161 Å². The third-order valence-corrected chi connectivity index (χ3v) is 5.39. The molecule has 0 atom stereocenters. The summed E-state index contributed by atoms with van der Waals surface area (Å²) >= 11 is 0. The molecular weight excluding hydrogens is 437 g/mol. The molecule has 0 unspecified atom stereocenters. The first-order valence-electron chi connectivity index (χ1n) is 10.9. The zero-order valence-electron chi connectivity index (χ0n) is 18.9. The summed E-state index contributed by atoms with van der Waals surface area (Å²) in [6, 6.07) is 4.04. The highest BCUT2D eigenvalue weighted by molar-refractivity contribution is 6.11. The number of anilines is 2. The van der Waals surface area contributed by atoms with E-state index in [9.17, 15) is 9.18 Å². The molecule has 6 N–H and O–H groups in total. The zero-order chi connectivity index (χ0) is 24.4. The molecule has 1 aromatic carbocycles. The van der Waals surface area contributed by atoms with Gasteiger partial charge in [-0.25, -0.2) is 19.3 Å². The van der Waals surface area contributed by atoms with Crippen LogP contribution in [0.5, 0.6) is 0 Å². The number of halogens is 1. The van der Waals surface area contributed by atoms with Crippen molar-refractivity contribution in [3.05, 3.63) is 57.7 Å². The van der Waals surface area contributed by atoms with Gasteiger partial charge in [0.1, 0.15) is 29.6 Å². The van der Waals surface area contributed by atoms with Gasteiger partial charge in [-0.3, -0.25) is 14.4 Å². The van der Waals surface area contributed by atoms with Crippen LogP contribution in [0.15, 0.2) is 39.9 Å². The average Bonchev–Trinajstić information content (AvgIpc) is 3.63. The van der Waals surface area contributed by atoms with Crippen molar-refractivity contribution in [2.45, 2.75) is 45.3 Å². The molecule has 3 aromatic rings. The van der Waals surface area contributed by atoms with Gasteiger partial charge >= 0.3 is 0 Å². The molecule has 0 spiro atoms. The van der Waals surface area contributed by atoms with Crippen LogP contribution in [0.25, 0.3) is 16.6 Å². The number of hydrogen-bond donors (Lipinski definition) is 4. The van der Waals surface area contributed by atoms with Gasteiger partial charge in [0, 0.05) is 30.1 Å². The van der Waals surface area contributed by atoms with Crippen molar-refractivity contribution in [1.82, 2.24) is 19.5 Å². The van der Waals surface area contributed by atoms with Crippen LogP contribution in [0.4, 0.5) is 16.0 Å². The highest BCUT2D eigenvalue weighted by Crippen LogP contribution is 2.35. The molecule has 1 fully saturated rings. The molecule has 1 aliphatic rings. The van der Waals surface area contributed by atoms with E-state index in [2.05, 4.69) is 25.3 Å². The number of nitrogens with one attached hydrogen (secondary N) is 2. The van der Waals surface area contributed by atoms with E-state index in [1.807, 2.05) is 13.8 Å². The largest absolute Gasteiger partial charge is 0.397 e. The molecule has 0 saturated heterocycles. The van der Waals surface area contributed by atoms with Crippen LogP contribution < -0.4 is 22.3 Å². The van der Waals surface area contributed by atoms with Gasteiger partial charge in [-0.2, -0.15) is 0 Å². The van der Waals surface area contributed by atoms with E-state index in [0.29, 0.717) is 28.3 Å². The minimum absolute atomic E-state index is 0.0244. The second-order valence-electron chi connectivity index (χ2n) is 8.32. The Morgan fingerprint density at radius 1 is 1.38 bits per heavy atom. The number of hydrogen-bond acceptors (Lipinski definition) is 9. The van der Waals surface area contributed by atoms with E-state index >= 15 is 0 Å². The quantitative estimate of drug-likeness (QED) is 0.373. The normalized spacial score (nSPS) is 14.6. The lowest BCUT2D eigenvalue weighted by molar-refractivity contribution is 0.625. The summed E-state index contributed by atoms with van der Waals surface area (Å²) in [6.45, 7) is 3.97. The maximum absolute atomic E-state index is 13.7. The first kappa shape index (κ1) is 23.0. The van der Waals surface area contributed by atoms with E-state index in [1.54, 1.807) is 4.57 Å². The number of nitrogens with two attached hydrogens (primary N) is 2. The Kier molecular flexibility index (Phi) is 6.35. The SMILES string of the molecule is CC(C)N=CC(C=N)=C(N)c1c(N)ncnc1NCc1nc2ccc(F)cc2c(=O)n1C1CC1. The van der Waals surface area contributed by atoms with Crippen molar-refractivity contribution < 1.29 is 4.39 Å².